The van der Waals surface area contributed by atoms with Crippen LogP contribution in [0.2, 0.25) is 0 Å². The number of fused-ring (bicyclic) bond motifs is 1. The van der Waals surface area contributed by atoms with Crippen LogP contribution in [0.4, 0.5) is 11.4 Å². The van der Waals surface area contributed by atoms with E-state index in [1.807, 2.05) is 74.5 Å². The van der Waals surface area contributed by atoms with Gasteiger partial charge in [-0.1, -0.05) is 48.9 Å². The molecule has 180 valence electrons. The summed E-state index contributed by atoms with van der Waals surface area (Å²) in [7, 11) is 1.59. The van der Waals surface area contributed by atoms with Crippen molar-refractivity contribution in [2.24, 2.45) is 5.92 Å². The fraction of sp³-hybridized carbons (Fsp3) is 0.286. The standard InChI is InChI=1S/C28H28N2O5/c1-4-16-34-22-15-12-19(17-23(22)33-3)25-24-26(35-30(25)21-8-6-5-7-9-21)28(32)29(27(24)31)20-13-10-18(2)11-14-20/h5-15,17,24-26H,4,16H2,1-3H3/t24-,25+,26-/m0/s1. The van der Waals surface area contributed by atoms with E-state index in [1.165, 1.54) is 4.90 Å². The van der Waals surface area contributed by atoms with Gasteiger partial charge in [-0.2, -0.15) is 0 Å². The van der Waals surface area contributed by atoms with Crippen LogP contribution in [0.25, 0.3) is 0 Å². The topological polar surface area (TPSA) is 68.3 Å². The molecule has 0 N–H and O–H groups in total. The Kier molecular flexibility index (Phi) is 6.17. The quantitative estimate of drug-likeness (QED) is 0.458. The average Bonchev–Trinajstić information content (AvgIpc) is 3.39. The molecule has 0 aromatic heterocycles. The van der Waals surface area contributed by atoms with Crippen LogP contribution in [-0.4, -0.2) is 31.6 Å². The molecule has 7 heteroatoms. The van der Waals surface area contributed by atoms with Gasteiger partial charge in [0, 0.05) is 0 Å². The first-order valence-electron chi connectivity index (χ1n) is 11.8. The zero-order valence-electron chi connectivity index (χ0n) is 20.0. The van der Waals surface area contributed by atoms with Crippen LogP contribution < -0.4 is 19.4 Å². The molecule has 7 nitrogen and oxygen atoms in total. The average molecular weight is 473 g/mol. The molecule has 0 spiro atoms. The number of hydrogen-bond acceptors (Lipinski definition) is 6. The third kappa shape index (κ3) is 4.02. The van der Waals surface area contributed by atoms with Crippen molar-refractivity contribution in [3.8, 4) is 11.5 Å². The molecule has 2 aliphatic rings. The number of imide groups is 1. The number of benzene rings is 3. The number of methoxy groups -OCH3 is 1. The highest BCUT2D eigenvalue weighted by Gasteiger charge is 2.60. The van der Waals surface area contributed by atoms with Crippen molar-refractivity contribution in [2.75, 3.05) is 23.7 Å². The molecule has 0 unspecified atom stereocenters. The number of anilines is 2. The summed E-state index contributed by atoms with van der Waals surface area (Å²) >= 11 is 0. The zero-order valence-corrected chi connectivity index (χ0v) is 20.0. The number of aryl methyl sites for hydroxylation is 1. The molecule has 2 fully saturated rings. The van der Waals surface area contributed by atoms with Crippen LogP contribution in [-0.2, 0) is 14.4 Å². The number of carbonyl (C=O) groups is 2. The Labute approximate surface area is 204 Å². The molecule has 5 rings (SSSR count). The Morgan fingerprint density at radius 2 is 1.63 bits per heavy atom. The molecular weight excluding hydrogens is 444 g/mol. The van der Waals surface area contributed by atoms with E-state index in [2.05, 4.69) is 0 Å². The van der Waals surface area contributed by atoms with Crippen LogP contribution in [0.5, 0.6) is 11.5 Å². The van der Waals surface area contributed by atoms with Crippen LogP contribution in [0.15, 0.2) is 72.8 Å². The number of rotatable bonds is 7. The van der Waals surface area contributed by atoms with E-state index >= 15 is 0 Å². The van der Waals surface area contributed by atoms with Gasteiger partial charge in [0.2, 0.25) is 5.91 Å². The van der Waals surface area contributed by atoms with Gasteiger partial charge in [-0.15, -0.1) is 0 Å². The normalized spacial score (nSPS) is 21.4. The number of hydroxylamine groups is 1. The van der Waals surface area contributed by atoms with Gasteiger partial charge in [0.05, 0.1) is 31.1 Å². The summed E-state index contributed by atoms with van der Waals surface area (Å²) in [5.74, 6) is -0.148. The molecule has 3 aromatic rings. The summed E-state index contributed by atoms with van der Waals surface area (Å²) in [5, 5.41) is 1.68. The molecular formula is C28H28N2O5. The number of carbonyl (C=O) groups excluding carboxylic acids is 2. The number of amides is 2. The first-order chi connectivity index (χ1) is 17.0. The van der Waals surface area contributed by atoms with Gasteiger partial charge in [-0.05, 0) is 55.3 Å². The number of para-hydroxylation sites is 1. The highest BCUT2D eigenvalue weighted by atomic mass is 16.7. The molecule has 0 saturated carbocycles. The first kappa shape index (κ1) is 22.9. The van der Waals surface area contributed by atoms with Crippen molar-refractivity contribution in [1.82, 2.24) is 0 Å². The summed E-state index contributed by atoms with van der Waals surface area (Å²) < 4.78 is 11.4. The minimum Gasteiger partial charge on any atom is -0.493 e. The molecule has 2 heterocycles. The van der Waals surface area contributed by atoms with Gasteiger partial charge < -0.3 is 9.47 Å². The second kappa shape index (κ2) is 9.43. The molecule has 2 aliphatic heterocycles. The monoisotopic (exact) mass is 472 g/mol. The van der Waals surface area contributed by atoms with Gasteiger partial charge in [-0.25, -0.2) is 9.96 Å². The van der Waals surface area contributed by atoms with Crippen LogP contribution in [0.1, 0.15) is 30.5 Å². The third-order valence-corrected chi connectivity index (χ3v) is 6.41. The highest BCUT2D eigenvalue weighted by Crippen LogP contribution is 2.48. The Hall–Kier alpha value is -3.84. The first-order valence-corrected chi connectivity index (χ1v) is 11.8. The largest absolute Gasteiger partial charge is 0.493 e. The predicted octanol–water partition coefficient (Wildman–Crippen LogP) is 4.84. The van der Waals surface area contributed by atoms with E-state index < -0.39 is 18.1 Å². The maximum atomic E-state index is 13.7. The molecule has 2 saturated heterocycles. The van der Waals surface area contributed by atoms with Gasteiger partial charge in [-0.3, -0.25) is 14.4 Å². The number of hydrogen-bond donors (Lipinski definition) is 0. The minimum absolute atomic E-state index is 0.280. The third-order valence-electron chi connectivity index (χ3n) is 6.41. The fourth-order valence-corrected chi connectivity index (χ4v) is 4.70. The van der Waals surface area contributed by atoms with E-state index in [1.54, 1.807) is 24.3 Å². The van der Waals surface area contributed by atoms with E-state index in [-0.39, 0.29) is 11.8 Å². The summed E-state index contributed by atoms with van der Waals surface area (Å²) in [6.45, 7) is 4.57. The van der Waals surface area contributed by atoms with Gasteiger partial charge in [0.25, 0.3) is 5.91 Å². The molecule has 3 atom stereocenters. The van der Waals surface area contributed by atoms with Crippen LogP contribution >= 0.6 is 0 Å². The summed E-state index contributed by atoms with van der Waals surface area (Å²) in [5.41, 5.74) is 3.16. The molecule has 0 aliphatic carbocycles. The van der Waals surface area contributed by atoms with E-state index in [9.17, 15) is 9.59 Å². The molecule has 3 aromatic carbocycles. The Balaban J connectivity index is 1.57. The Morgan fingerprint density at radius 3 is 2.31 bits per heavy atom. The van der Waals surface area contributed by atoms with Crippen molar-refractivity contribution >= 4 is 23.2 Å². The van der Waals surface area contributed by atoms with Gasteiger partial charge >= 0.3 is 0 Å². The summed E-state index contributed by atoms with van der Waals surface area (Å²) in [6.07, 6.45) is -0.0470. The van der Waals surface area contributed by atoms with Gasteiger partial charge in [0.15, 0.2) is 17.6 Å². The molecule has 0 bridgehead atoms. The summed E-state index contributed by atoms with van der Waals surface area (Å²) in [6, 6.07) is 22.0. The van der Waals surface area contributed by atoms with E-state index in [4.69, 9.17) is 14.3 Å². The fourth-order valence-electron chi connectivity index (χ4n) is 4.70. The lowest BCUT2D eigenvalue weighted by molar-refractivity contribution is -0.126. The molecule has 2 amide bonds. The minimum atomic E-state index is -0.920. The van der Waals surface area contributed by atoms with Crippen molar-refractivity contribution in [3.63, 3.8) is 0 Å². The lowest BCUT2D eigenvalue weighted by atomic mass is 9.90. The van der Waals surface area contributed by atoms with Crippen molar-refractivity contribution in [3.05, 3.63) is 83.9 Å². The zero-order chi connectivity index (χ0) is 24.5. The maximum absolute atomic E-state index is 13.7. The van der Waals surface area contributed by atoms with Gasteiger partial charge in [0.1, 0.15) is 5.92 Å². The van der Waals surface area contributed by atoms with Crippen molar-refractivity contribution in [2.45, 2.75) is 32.4 Å². The molecule has 0 radical (unpaired) electrons. The SMILES string of the molecule is CCCOc1ccc([C@@H]2[C@@H]3C(=O)N(c4ccc(C)cc4)C(=O)[C@H]3ON2c2ccccc2)cc1OC. The number of nitrogens with zero attached hydrogens (tertiary/aromatic N) is 2. The van der Waals surface area contributed by atoms with E-state index in [0.29, 0.717) is 23.8 Å². The van der Waals surface area contributed by atoms with E-state index in [0.717, 1.165) is 23.2 Å². The van der Waals surface area contributed by atoms with Crippen LogP contribution in [0.3, 0.4) is 0 Å². The Morgan fingerprint density at radius 1 is 0.886 bits per heavy atom. The smallest absolute Gasteiger partial charge is 0.266 e. The van der Waals surface area contributed by atoms with Crippen molar-refractivity contribution in [1.29, 1.82) is 0 Å². The summed E-state index contributed by atoms with van der Waals surface area (Å²) in [4.78, 5) is 34.7. The van der Waals surface area contributed by atoms with Crippen LogP contribution in [0, 0.1) is 12.8 Å². The van der Waals surface area contributed by atoms with Crippen molar-refractivity contribution < 1.29 is 23.9 Å². The lowest BCUT2D eigenvalue weighted by Crippen LogP contribution is -2.37. The predicted molar refractivity (Wildman–Crippen MR) is 132 cm³/mol. The maximum Gasteiger partial charge on any atom is 0.266 e. The highest BCUT2D eigenvalue weighted by molar-refractivity contribution is 6.23. The Bertz CT molecular complexity index is 1230. The second-order valence-electron chi connectivity index (χ2n) is 8.76. The second-order valence-corrected chi connectivity index (χ2v) is 8.76. The molecule has 35 heavy (non-hydrogen) atoms. The number of ether oxygens (including phenoxy) is 2. The lowest BCUT2D eigenvalue weighted by Gasteiger charge is -2.29.